The van der Waals surface area contributed by atoms with Crippen molar-refractivity contribution in [2.24, 2.45) is 5.92 Å². The van der Waals surface area contributed by atoms with E-state index >= 15 is 0 Å². The summed E-state index contributed by atoms with van der Waals surface area (Å²) in [6.07, 6.45) is 4.08. The summed E-state index contributed by atoms with van der Waals surface area (Å²) in [5.41, 5.74) is 1.86. The average molecular weight is 245 g/mol. The molecule has 1 aromatic rings. The first-order chi connectivity index (χ1) is 8.72. The first-order valence-corrected chi connectivity index (χ1v) is 7.19. The lowest BCUT2D eigenvalue weighted by molar-refractivity contribution is 0.340. The van der Waals surface area contributed by atoms with Gasteiger partial charge in [-0.2, -0.15) is 0 Å². The Kier molecular flexibility index (Phi) is 3.06. The Labute approximate surface area is 110 Å². The lowest BCUT2D eigenvalue weighted by Crippen LogP contribution is -2.22. The van der Waals surface area contributed by atoms with E-state index in [1.54, 1.807) is 0 Å². The minimum atomic E-state index is 0.395. The normalized spacial score (nSPS) is 30.2. The molecule has 0 heterocycles. The van der Waals surface area contributed by atoms with Gasteiger partial charge in [0.25, 0.3) is 0 Å². The van der Waals surface area contributed by atoms with Gasteiger partial charge in [-0.1, -0.05) is 19.1 Å². The summed E-state index contributed by atoms with van der Waals surface area (Å²) >= 11 is 0. The van der Waals surface area contributed by atoms with Gasteiger partial charge in [-0.3, -0.25) is 0 Å². The molecule has 2 aliphatic carbocycles. The quantitative estimate of drug-likeness (QED) is 0.831. The van der Waals surface area contributed by atoms with Crippen LogP contribution in [0.4, 0.5) is 0 Å². The molecule has 2 atom stereocenters. The fourth-order valence-electron chi connectivity index (χ4n) is 2.80. The monoisotopic (exact) mass is 245 g/mol. The highest BCUT2D eigenvalue weighted by Gasteiger charge is 2.50. The van der Waals surface area contributed by atoms with Gasteiger partial charge in [0.05, 0.1) is 6.61 Å². The van der Waals surface area contributed by atoms with Crippen LogP contribution in [0.15, 0.2) is 24.3 Å². The Morgan fingerprint density at radius 2 is 2.00 bits per heavy atom. The maximum absolute atomic E-state index is 5.50. The third-order valence-electron chi connectivity index (χ3n) is 4.47. The first-order valence-electron chi connectivity index (χ1n) is 7.19. The summed E-state index contributed by atoms with van der Waals surface area (Å²) in [5, 5.41) is 3.65. The molecule has 2 fully saturated rings. The van der Waals surface area contributed by atoms with Crippen LogP contribution in [0.2, 0.25) is 0 Å². The number of hydrogen-bond acceptors (Lipinski definition) is 2. The molecule has 0 aromatic heterocycles. The highest BCUT2D eigenvalue weighted by atomic mass is 16.5. The molecule has 2 unspecified atom stereocenters. The molecule has 3 rings (SSSR count). The summed E-state index contributed by atoms with van der Waals surface area (Å²) < 4.78 is 5.50. The highest BCUT2D eigenvalue weighted by molar-refractivity contribution is 5.37. The lowest BCUT2D eigenvalue weighted by atomic mass is 9.95. The summed E-state index contributed by atoms with van der Waals surface area (Å²) in [5.74, 6) is 1.80. The molecule has 0 amide bonds. The highest BCUT2D eigenvalue weighted by Crippen LogP contribution is 2.53. The van der Waals surface area contributed by atoms with Crippen LogP contribution in [0.1, 0.15) is 38.7 Å². The second-order valence-corrected chi connectivity index (χ2v) is 5.96. The third kappa shape index (κ3) is 2.39. The average Bonchev–Trinajstić information content (AvgIpc) is 3.26. The van der Waals surface area contributed by atoms with Crippen molar-refractivity contribution in [3.63, 3.8) is 0 Å². The van der Waals surface area contributed by atoms with Crippen LogP contribution in [0.5, 0.6) is 5.75 Å². The number of nitrogens with one attached hydrogen (secondary N) is 1. The van der Waals surface area contributed by atoms with Gasteiger partial charge >= 0.3 is 0 Å². The molecule has 1 N–H and O–H groups in total. The topological polar surface area (TPSA) is 21.3 Å². The van der Waals surface area contributed by atoms with E-state index in [2.05, 4.69) is 36.5 Å². The fraction of sp³-hybridized carbons (Fsp3) is 0.625. The van der Waals surface area contributed by atoms with Crippen LogP contribution in [0.3, 0.4) is 0 Å². The van der Waals surface area contributed by atoms with Gasteiger partial charge in [0, 0.05) is 6.04 Å². The van der Waals surface area contributed by atoms with Crippen molar-refractivity contribution in [1.82, 2.24) is 5.32 Å². The predicted molar refractivity (Wildman–Crippen MR) is 74.1 cm³/mol. The first kappa shape index (κ1) is 12.0. The SMILES string of the molecule is CCOc1ccc(C2(C)CC2CNC2CC2)cc1. The third-order valence-corrected chi connectivity index (χ3v) is 4.47. The zero-order chi connectivity index (χ0) is 12.6. The van der Waals surface area contributed by atoms with Crippen LogP contribution >= 0.6 is 0 Å². The van der Waals surface area contributed by atoms with Gasteiger partial charge in [0.2, 0.25) is 0 Å². The van der Waals surface area contributed by atoms with Gasteiger partial charge in [-0.25, -0.2) is 0 Å². The summed E-state index contributed by atoms with van der Waals surface area (Å²) in [6, 6.07) is 9.52. The maximum Gasteiger partial charge on any atom is 0.119 e. The van der Waals surface area contributed by atoms with Crippen molar-refractivity contribution in [3.05, 3.63) is 29.8 Å². The van der Waals surface area contributed by atoms with Crippen molar-refractivity contribution in [2.75, 3.05) is 13.2 Å². The zero-order valence-electron chi connectivity index (χ0n) is 11.4. The van der Waals surface area contributed by atoms with Crippen LogP contribution < -0.4 is 10.1 Å². The molecular weight excluding hydrogens is 222 g/mol. The predicted octanol–water partition coefficient (Wildman–Crippen LogP) is 3.11. The molecule has 2 nitrogen and oxygen atoms in total. The molecule has 2 saturated carbocycles. The molecular formula is C16H23NO. The van der Waals surface area contributed by atoms with Gasteiger partial charge in [0.15, 0.2) is 0 Å². The lowest BCUT2D eigenvalue weighted by Gasteiger charge is -2.13. The van der Waals surface area contributed by atoms with E-state index in [-0.39, 0.29) is 0 Å². The van der Waals surface area contributed by atoms with E-state index in [1.807, 2.05) is 6.92 Å². The van der Waals surface area contributed by atoms with Gasteiger partial charge in [-0.05, 0) is 61.8 Å². The Bertz CT molecular complexity index is 410. The minimum Gasteiger partial charge on any atom is -0.494 e. The van der Waals surface area contributed by atoms with Crippen LogP contribution in [-0.2, 0) is 5.41 Å². The van der Waals surface area contributed by atoms with Crippen molar-refractivity contribution >= 4 is 0 Å². The van der Waals surface area contributed by atoms with Crippen molar-refractivity contribution in [1.29, 1.82) is 0 Å². The van der Waals surface area contributed by atoms with E-state index < -0.39 is 0 Å². The molecule has 98 valence electrons. The van der Waals surface area contributed by atoms with Crippen molar-refractivity contribution in [2.45, 2.75) is 44.6 Å². The largest absolute Gasteiger partial charge is 0.494 e. The van der Waals surface area contributed by atoms with E-state index in [0.29, 0.717) is 5.41 Å². The molecule has 0 radical (unpaired) electrons. The van der Waals surface area contributed by atoms with Crippen LogP contribution in [-0.4, -0.2) is 19.2 Å². The Morgan fingerprint density at radius 3 is 2.61 bits per heavy atom. The van der Waals surface area contributed by atoms with E-state index in [0.717, 1.165) is 24.3 Å². The zero-order valence-corrected chi connectivity index (χ0v) is 11.4. The molecule has 1 aromatic carbocycles. The Balaban J connectivity index is 1.59. The molecule has 2 aliphatic rings. The van der Waals surface area contributed by atoms with Crippen LogP contribution in [0.25, 0.3) is 0 Å². The summed E-state index contributed by atoms with van der Waals surface area (Å²) in [7, 11) is 0. The fourth-order valence-corrected chi connectivity index (χ4v) is 2.80. The number of benzene rings is 1. The number of hydrogen-bond donors (Lipinski definition) is 1. The van der Waals surface area contributed by atoms with Gasteiger partial charge in [-0.15, -0.1) is 0 Å². The summed E-state index contributed by atoms with van der Waals surface area (Å²) in [6.45, 7) is 6.34. The van der Waals surface area contributed by atoms with E-state index in [9.17, 15) is 0 Å². The minimum absolute atomic E-state index is 0.395. The Morgan fingerprint density at radius 1 is 1.28 bits per heavy atom. The number of ether oxygens (including phenoxy) is 1. The van der Waals surface area contributed by atoms with Gasteiger partial charge < -0.3 is 10.1 Å². The molecule has 0 saturated heterocycles. The Hall–Kier alpha value is -1.02. The molecule has 18 heavy (non-hydrogen) atoms. The molecule has 2 heteroatoms. The maximum atomic E-state index is 5.50. The second-order valence-electron chi connectivity index (χ2n) is 5.96. The van der Waals surface area contributed by atoms with Crippen molar-refractivity contribution in [3.8, 4) is 5.75 Å². The van der Waals surface area contributed by atoms with Crippen molar-refractivity contribution < 1.29 is 4.74 Å². The van der Waals surface area contributed by atoms with E-state index in [4.69, 9.17) is 4.74 Å². The summed E-state index contributed by atoms with van der Waals surface area (Å²) in [4.78, 5) is 0. The molecule has 0 bridgehead atoms. The molecule has 0 spiro atoms. The van der Waals surface area contributed by atoms with Crippen LogP contribution in [0, 0.1) is 5.92 Å². The standard InChI is InChI=1S/C16H23NO/c1-3-18-15-8-4-12(5-9-15)16(2)10-13(16)11-17-14-6-7-14/h4-5,8-9,13-14,17H,3,6-7,10-11H2,1-2H3. The molecule has 0 aliphatic heterocycles. The smallest absolute Gasteiger partial charge is 0.119 e. The number of rotatable bonds is 6. The van der Waals surface area contributed by atoms with Gasteiger partial charge in [0.1, 0.15) is 5.75 Å². The van der Waals surface area contributed by atoms with E-state index in [1.165, 1.54) is 31.4 Å². The second kappa shape index (κ2) is 4.58.